The van der Waals surface area contributed by atoms with Gasteiger partial charge in [-0.2, -0.15) is 0 Å². The second kappa shape index (κ2) is 10.9. The maximum Gasteiger partial charge on any atom is 0.242 e. The summed E-state index contributed by atoms with van der Waals surface area (Å²) in [6, 6.07) is 15.2. The van der Waals surface area contributed by atoms with E-state index in [1.54, 1.807) is 24.0 Å². The number of hydrogen-bond donors (Lipinski definition) is 1. The molecule has 0 radical (unpaired) electrons. The summed E-state index contributed by atoms with van der Waals surface area (Å²) in [5.74, 6) is -0.647. The fourth-order valence-electron chi connectivity index (χ4n) is 3.58. The quantitative estimate of drug-likeness (QED) is 0.686. The van der Waals surface area contributed by atoms with Crippen LogP contribution in [-0.4, -0.2) is 42.0 Å². The van der Waals surface area contributed by atoms with Gasteiger partial charge in [-0.25, -0.2) is 4.39 Å². The van der Waals surface area contributed by atoms with Crippen LogP contribution in [0.2, 0.25) is 0 Å². The van der Waals surface area contributed by atoms with E-state index < -0.39 is 6.04 Å². The highest BCUT2D eigenvalue weighted by atomic mass is 19.1. The van der Waals surface area contributed by atoms with Crippen molar-refractivity contribution in [3.8, 4) is 0 Å². The van der Waals surface area contributed by atoms with E-state index in [4.69, 9.17) is 4.74 Å². The second-order valence-electron chi connectivity index (χ2n) is 7.69. The summed E-state index contributed by atoms with van der Waals surface area (Å²) in [4.78, 5) is 27.4. The van der Waals surface area contributed by atoms with Crippen LogP contribution in [0.15, 0.2) is 54.6 Å². The van der Waals surface area contributed by atoms with Gasteiger partial charge >= 0.3 is 0 Å². The van der Waals surface area contributed by atoms with E-state index in [1.165, 1.54) is 12.1 Å². The third-order valence-electron chi connectivity index (χ3n) is 5.43. The van der Waals surface area contributed by atoms with Crippen molar-refractivity contribution < 1.29 is 18.7 Å². The van der Waals surface area contributed by atoms with Crippen LogP contribution < -0.4 is 5.32 Å². The molecule has 160 valence electrons. The van der Waals surface area contributed by atoms with Crippen molar-refractivity contribution in [2.24, 2.45) is 0 Å². The van der Waals surface area contributed by atoms with Crippen molar-refractivity contribution in [2.75, 3.05) is 13.2 Å². The highest BCUT2D eigenvalue weighted by Crippen LogP contribution is 2.15. The molecule has 0 aliphatic carbocycles. The van der Waals surface area contributed by atoms with Crippen LogP contribution in [0, 0.1) is 5.82 Å². The van der Waals surface area contributed by atoms with Gasteiger partial charge in [-0.15, -0.1) is 0 Å². The molecular formula is C24H29FN2O3. The summed E-state index contributed by atoms with van der Waals surface area (Å²) < 4.78 is 18.8. The number of carbonyl (C=O) groups is 2. The Kier molecular flexibility index (Phi) is 7.97. The molecule has 2 atom stereocenters. The first-order valence-corrected chi connectivity index (χ1v) is 10.5. The van der Waals surface area contributed by atoms with Crippen LogP contribution in [0.25, 0.3) is 0 Å². The van der Waals surface area contributed by atoms with E-state index in [9.17, 15) is 14.0 Å². The minimum Gasteiger partial charge on any atom is -0.376 e. The molecule has 2 amide bonds. The lowest BCUT2D eigenvalue weighted by Gasteiger charge is -2.29. The summed E-state index contributed by atoms with van der Waals surface area (Å²) in [5.41, 5.74) is 1.85. The summed E-state index contributed by atoms with van der Waals surface area (Å²) in [6.45, 7) is 3.16. The number of ether oxygens (including phenoxy) is 1. The summed E-state index contributed by atoms with van der Waals surface area (Å²) in [7, 11) is 0. The lowest BCUT2D eigenvalue weighted by Crippen LogP contribution is -2.49. The minimum atomic E-state index is -0.639. The third kappa shape index (κ3) is 6.39. The molecule has 0 spiro atoms. The van der Waals surface area contributed by atoms with Crippen LogP contribution in [0.1, 0.15) is 37.3 Å². The Labute approximate surface area is 177 Å². The lowest BCUT2D eigenvalue weighted by molar-refractivity contribution is -0.140. The van der Waals surface area contributed by atoms with Crippen molar-refractivity contribution >= 4 is 11.8 Å². The number of hydrogen-bond acceptors (Lipinski definition) is 3. The van der Waals surface area contributed by atoms with E-state index in [-0.39, 0.29) is 30.3 Å². The maximum atomic E-state index is 13.3. The van der Waals surface area contributed by atoms with E-state index in [1.807, 2.05) is 30.3 Å². The molecule has 1 heterocycles. The zero-order valence-electron chi connectivity index (χ0n) is 17.4. The molecule has 5 nitrogen and oxygen atoms in total. The molecule has 3 rings (SSSR count). The number of aryl methyl sites for hydroxylation is 1. The van der Waals surface area contributed by atoms with Gasteiger partial charge in [0.1, 0.15) is 11.9 Å². The molecule has 0 bridgehead atoms. The normalized spacial score (nSPS) is 16.8. The van der Waals surface area contributed by atoms with Crippen molar-refractivity contribution in [3.63, 3.8) is 0 Å². The average molecular weight is 413 g/mol. The number of nitrogens with zero attached hydrogens (tertiary/aromatic N) is 1. The van der Waals surface area contributed by atoms with Crippen molar-refractivity contribution in [2.45, 2.75) is 51.3 Å². The molecule has 30 heavy (non-hydrogen) atoms. The Morgan fingerprint density at radius 2 is 1.87 bits per heavy atom. The molecule has 2 aromatic carbocycles. The summed E-state index contributed by atoms with van der Waals surface area (Å²) in [6.07, 6.45) is 2.88. The molecule has 1 fully saturated rings. The van der Waals surface area contributed by atoms with Gasteiger partial charge < -0.3 is 15.0 Å². The van der Waals surface area contributed by atoms with Gasteiger partial charge in [-0.1, -0.05) is 42.5 Å². The smallest absolute Gasteiger partial charge is 0.242 e. The number of halogens is 1. The first-order chi connectivity index (χ1) is 14.5. The van der Waals surface area contributed by atoms with Gasteiger partial charge in [0, 0.05) is 26.1 Å². The van der Waals surface area contributed by atoms with Crippen LogP contribution in [-0.2, 0) is 27.3 Å². The molecule has 1 aliphatic rings. The Balaban J connectivity index is 1.65. The molecule has 1 aliphatic heterocycles. The predicted octanol–water partition coefficient (Wildman–Crippen LogP) is 3.47. The topological polar surface area (TPSA) is 58.6 Å². The largest absolute Gasteiger partial charge is 0.376 e. The van der Waals surface area contributed by atoms with Gasteiger partial charge in [0.05, 0.1) is 6.10 Å². The first kappa shape index (κ1) is 22.0. The minimum absolute atomic E-state index is 0.0421. The van der Waals surface area contributed by atoms with Crippen molar-refractivity contribution in [1.82, 2.24) is 10.2 Å². The van der Waals surface area contributed by atoms with Gasteiger partial charge in [-0.05, 0) is 49.4 Å². The molecular weight excluding hydrogens is 383 g/mol. The Bertz CT molecular complexity index is 820. The number of benzene rings is 2. The maximum absolute atomic E-state index is 13.3. The summed E-state index contributed by atoms with van der Waals surface area (Å²) in [5, 5.41) is 2.91. The number of nitrogens with one attached hydrogen (secondary N) is 1. The summed E-state index contributed by atoms with van der Waals surface area (Å²) >= 11 is 0. The molecule has 6 heteroatoms. The monoisotopic (exact) mass is 412 g/mol. The van der Waals surface area contributed by atoms with E-state index in [2.05, 4.69) is 5.32 Å². The van der Waals surface area contributed by atoms with Gasteiger partial charge in [0.25, 0.3) is 0 Å². The fraction of sp³-hybridized carbons (Fsp3) is 0.417. The van der Waals surface area contributed by atoms with Crippen LogP contribution in [0.4, 0.5) is 4.39 Å². The van der Waals surface area contributed by atoms with E-state index in [0.29, 0.717) is 19.4 Å². The standard InChI is InChI=1S/C24H29FN2O3/c1-18(24(29)26-16-22-8-5-15-30-22)27(17-20-9-12-21(25)13-10-20)23(28)14-11-19-6-3-2-4-7-19/h2-4,6-7,9-10,12-13,18,22H,5,8,11,14-17H2,1H3,(H,26,29)/t18-,22+/m1/s1. The Morgan fingerprint density at radius 1 is 1.13 bits per heavy atom. The average Bonchev–Trinajstić information content (AvgIpc) is 3.29. The molecule has 1 saturated heterocycles. The lowest BCUT2D eigenvalue weighted by atomic mass is 10.1. The van der Waals surface area contributed by atoms with E-state index in [0.717, 1.165) is 30.6 Å². The number of carbonyl (C=O) groups excluding carboxylic acids is 2. The SMILES string of the molecule is C[C@H](C(=O)NC[C@@H]1CCCO1)N(Cc1ccc(F)cc1)C(=O)CCc1ccccc1. The van der Waals surface area contributed by atoms with Gasteiger partial charge in [0.2, 0.25) is 11.8 Å². The number of rotatable bonds is 9. The molecule has 0 unspecified atom stereocenters. The van der Waals surface area contributed by atoms with E-state index >= 15 is 0 Å². The van der Waals surface area contributed by atoms with Gasteiger partial charge in [-0.3, -0.25) is 9.59 Å². The third-order valence-corrected chi connectivity index (χ3v) is 5.43. The number of amides is 2. The van der Waals surface area contributed by atoms with Crippen molar-refractivity contribution in [1.29, 1.82) is 0 Å². The molecule has 1 N–H and O–H groups in total. The van der Waals surface area contributed by atoms with Gasteiger partial charge in [0.15, 0.2) is 0 Å². The van der Waals surface area contributed by atoms with Crippen LogP contribution in [0.3, 0.4) is 0 Å². The highest BCUT2D eigenvalue weighted by Gasteiger charge is 2.27. The van der Waals surface area contributed by atoms with Crippen molar-refractivity contribution in [3.05, 3.63) is 71.5 Å². The molecule has 0 saturated carbocycles. The zero-order chi connectivity index (χ0) is 21.3. The fourth-order valence-corrected chi connectivity index (χ4v) is 3.58. The molecule has 2 aromatic rings. The highest BCUT2D eigenvalue weighted by molar-refractivity contribution is 5.87. The Hall–Kier alpha value is -2.73. The molecule has 0 aromatic heterocycles. The first-order valence-electron chi connectivity index (χ1n) is 10.5. The Morgan fingerprint density at radius 3 is 2.53 bits per heavy atom. The predicted molar refractivity (Wildman–Crippen MR) is 113 cm³/mol. The second-order valence-corrected chi connectivity index (χ2v) is 7.69. The van der Waals surface area contributed by atoms with Crippen LogP contribution in [0.5, 0.6) is 0 Å². The zero-order valence-corrected chi connectivity index (χ0v) is 17.4. The van der Waals surface area contributed by atoms with Crippen LogP contribution >= 0.6 is 0 Å².